The predicted octanol–water partition coefficient (Wildman–Crippen LogP) is 2.91. The van der Waals surface area contributed by atoms with Gasteiger partial charge in [0.15, 0.2) is 0 Å². The van der Waals surface area contributed by atoms with Gasteiger partial charge in [-0.3, -0.25) is 0 Å². The zero-order valence-electron chi connectivity index (χ0n) is 10.1. The van der Waals surface area contributed by atoms with Crippen molar-refractivity contribution in [3.63, 3.8) is 0 Å². The van der Waals surface area contributed by atoms with Crippen molar-refractivity contribution < 1.29 is 4.42 Å². The van der Waals surface area contributed by atoms with E-state index in [4.69, 9.17) is 27.6 Å². The van der Waals surface area contributed by atoms with Gasteiger partial charge in [0, 0.05) is 12.1 Å². The van der Waals surface area contributed by atoms with Crippen molar-refractivity contribution >= 4 is 23.2 Å². The van der Waals surface area contributed by atoms with E-state index in [1.54, 1.807) is 6.07 Å². The maximum Gasteiger partial charge on any atom is 0.267 e. The average Bonchev–Trinajstić information content (AvgIpc) is 2.89. The van der Waals surface area contributed by atoms with Crippen LogP contribution in [-0.2, 0) is 0 Å². The summed E-state index contributed by atoms with van der Waals surface area (Å²) >= 11 is 11.9. The Morgan fingerprint density at radius 2 is 2.00 bits per heavy atom. The molecule has 0 amide bonds. The monoisotopic (exact) mass is 298 g/mol. The van der Waals surface area contributed by atoms with Crippen LogP contribution in [0.3, 0.4) is 0 Å². The van der Waals surface area contributed by atoms with Gasteiger partial charge in [0.25, 0.3) is 5.89 Å². The highest BCUT2D eigenvalue weighted by Crippen LogP contribution is 2.30. The summed E-state index contributed by atoms with van der Waals surface area (Å²) in [4.78, 5) is 4.13. The molecule has 0 bridgehead atoms. The first kappa shape index (κ1) is 12.8. The summed E-state index contributed by atoms with van der Waals surface area (Å²) in [5.74, 6) is 1.31. The second kappa shape index (κ2) is 5.45. The maximum atomic E-state index is 6.07. The molecule has 100 valence electrons. The van der Waals surface area contributed by atoms with Crippen LogP contribution in [0.5, 0.6) is 0 Å². The van der Waals surface area contributed by atoms with Crippen LogP contribution in [-0.4, -0.2) is 28.3 Å². The number of pyridine rings is 1. The van der Waals surface area contributed by atoms with Gasteiger partial charge >= 0.3 is 0 Å². The molecule has 5 nitrogen and oxygen atoms in total. The van der Waals surface area contributed by atoms with Gasteiger partial charge in [-0.15, -0.1) is 10.2 Å². The second-order valence-corrected chi connectivity index (χ2v) is 5.30. The Bertz CT molecular complexity index is 581. The van der Waals surface area contributed by atoms with Crippen LogP contribution in [0.2, 0.25) is 10.0 Å². The Morgan fingerprint density at radius 3 is 2.74 bits per heavy atom. The molecule has 0 aromatic carbocycles. The van der Waals surface area contributed by atoms with Crippen LogP contribution in [0.1, 0.15) is 24.7 Å². The van der Waals surface area contributed by atoms with E-state index in [0.29, 0.717) is 33.4 Å². The molecule has 1 aliphatic heterocycles. The first-order valence-electron chi connectivity index (χ1n) is 6.09. The topological polar surface area (TPSA) is 63.8 Å². The highest BCUT2D eigenvalue weighted by atomic mass is 35.5. The minimum Gasteiger partial charge on any atom is -0.419 e. The summed E-state index contributed by atoms with van der Waals surface area (Å²) in [6.07, 6.45) is 3.52. The molecule has 1 aliphatic rings. The number of nitrogens with zero attached hydrogens (tertiary/aromatic N) is 3. The molecule has 1 saturated heterocycles. The van der Waals surface area contributed by atoms with E-state index in [2.05, 4.69) is 20.5 Å². The SMILES string of the molecule is Clc1cnc(-c2nnc(C3CCNCC3)o2)c(Cl)c1. The van der Waals surface area contributed by atoms with Gasteiger partial charge < -0.3 is 9.73 Å². The smallest absolute Gasteiger partial charge is 0.267 e. The van der Waals surface area contributed by atoms with Crippen molar-refractivity contribution in [2.45, 2.75) is 18.8 Å². The molecule has 3 rings (SSSR count). The lowest BCUT2D eigenvalue weighted by Gasteiger charge is -2.18. The Balaban J connectivity index is 1.87. The number of nitrogens with one attached hydrogen (secondary N) is 1. The zero-order valence-corrected chi connectivity index (χ0v) is 11.6. The molecule has 1 fully saturated rings. The zero-order chi connectivity index (χ0) is 13.2. The average molecular weight is 299 g/mol. The fourth-order valence-electron chi connectivity index (χ4n) is 2.14. The van der Waals surface area contributed by atoms with Gasteiger partial charge in [-0.25, -0.2) is 4.98 Å². The number of hydrogen-bond donors (Lipinski definition) is 1. The number of halogens is 2. The van der Waals surface area contributed by atoms with Crippen molar-refractivity contribution in [3.05, 3.63) is 28.2 Å². The minimum atomic E-state index is 0.313. The Labute approximate surface area is 120 Å². The molecule has 0 atom stereocenters. The molecule has 19 heavy (non-hydrogen) atoms. The molecule has 7 heteroatoms. The number of piperidine rings is 1. The van der Waals surface area contributed by atoms with Crippen molar-refractivity contribution in [3.8, 4) is 11.6 Å². The van der Waals surface area contributed by atoms with E-state index in [1.807, 2.05) is 0 Å². The molecule has 0 spiro atoms. The van der Waals surface area contributed by atoms with Crippen molar-refractivity contribution in [2.24, 2.45) is 0 Å². The number of rotatable bonds is 2. The Kier molecular flexibility index (Phi) is 3.68. The highest BCUT2D eigenvalue weighted by Gasteiger charge is 2.22. The summed E-state index contributed by atoms with van der Waals surface area (Å²) in [5, 5.41) is 12.3. The molecule has 0 unspecified atom stereocenters. The third-order valence-electron chi connectivity index (χ3n) is 3.14. The normalized spacial score (nSPS) is 16.7. The van der Waals surface area contributed by atoms with Gasteiger partial charge in [0.2, 0.25) is 5.89 Å². The Hall–Kier alpha value is -1.17. The predicted molar refractivity (Wildman–Crippen MR) is 72.4 cm³/mol. The van der Waals surface area contributed by atoms with Gasteiger partial charge in [0.05, 0.1) is 10.0 Å². The molecular weight excluding hydrogens is 287 g/mol. The third-order valence-corrected chi connectivity index (χ3v) is 3.63. The van der Waals surface area contributed by atoms with Crippen LogP contribution in [0, 0.1) is 0 Å². The quantitative estimate of drug-likeness (QED) is 0.923. The van der Waals surface area contributed by atoms with Crippen molar-refractivity contribution in [2.75, 3.05) is 13.1 Å². The van der Waals surface area contributed by atoms with Crippen LogP contribution in [0.15, 0.2) is 16.7 Å². The number of hydrogen-bond acceptors (Lipinski definition) is 5. The van der Waals surface area contributed by atoms with Crippen LogP contribution < -0.4 is 5.32 Å². The lowest BCUT2D eigenvalue weighted by molar-refractivity contribution is 0.378. The largest absolute Gasteiger partial charge is 0.419 e. The van der Waals surface area contributed by atoms with Gasteiger partial charge in [-0.2, -0.15) is 0 Å². The first-order chi connectivity index (χ1) is 9.24. The van der Waals surface area contributed by atoms with E-state index in [1.165, 1.54) is 6.20 Å². The summed E-state index contributed by atoms with van der Waals surface area (Å²) in [7, 11) is 0. The van der Waals surface area contributed by atoms with Crippen molar-refractivity contribution in [1.82, 2.24) is 20.5 Å². The summed E-state index contributed by atoms with van der Waals surface area (Å²) < 4.78 is 5.69. The summed E-state index contributed by atoms with van der Waals surface area (Å²) in [6.45, 7) is 1.95. The van der Waals surface area contributed by atoms with Gasteiger partial charge in [0.1, 0.15) is 5.69 Å². The lowest BCUT2D eigenvalue weighted by Crippen LogP contribution is -2.26. The van der Waals surface area contributed by atoms with E-state index in [-0.39, 0.29) is 0 Å². The summed E-state index contributed by atoms with van der Waals surface area (Å²) in [6, 6.07) is 1.61. The molecule has 0 saturated carbocycles. The van der Waals surface area contributed by atoms with E-state index in [9.17, 15) is 0 Å². The molecule has 0 radical (unpaired) electrons. The Morgan fingerprint density at radius 1 is 1.21 bits per heavy atom. The first-order valence-corrected chi connectivity index (χ1v) is 6.85. The van der Waals surface area contributed by atoms with Crippen LogP contribution in [0.25, 0.3) is 11.6 Å². The van der Waals surface area contributed by atoms with E-state index >= 15 is 0 Å². The fraction of sp³-hybridized carbons (Fsp3) is 0.417. The molecule has 2 aromatic heterocycles. The lowest BCUT2D eigenvalue weighted by atomic mass is 9.98. The maximum absolute atomic E-state index is 6.07. The van der Waals surface area contributed by atoms with E-state index < -0.39 is 0 Å². The highest BCUT2D eigenvalue weighted by molar-refractivity contribution is 6.35. The van der Waals surface area contributed by atoms with E-state index in [0.717, 1.165) is 25.9 Å². The van der Waals surface area contributed by atoms with Crippen LogP contribution in [0.4, 0.5) is 0 Å². The van der Waals surface area contributed by atoms with Gasteiger partial charge in [-0.05, 0) is 32.0 Å². The minimum absolute atomic E-state index is 0.313. The standard InChI is InChI=1S/C12H12Cl2N4O/c13-8-5-9(14)10(16-6-8)12-18-17-11(19-12)7-1-3-15-4-2-7/h5-7,15H,1-4H2. The summed E-state index contributed by atoms with van der Waals surface area (Å²) in [5.41, 5.74) is 0.471. The van der Waals surface area contributed by atoms with Crippen molar-refractivity contribution in [1.29, 1.82) is 0 Å². The number of aromatic nitrogens is 3. The second-order valence-electron chi connectivity index (χ2n) is 4.45. The van der Waals surface area contributed by atoms with Crippen LogP contribution >= 0.6 is 23.2 Å². The molecule has 3 heterocycles. The third kappa shape index (κ3) is 2.73. The fourth-order valence-corrected chi connectivity index (χ4v) is 2.60. The molecule has 2 aromatic rings. The molecule has 1 N–H and O–H groups in total. The molecular formula is C12H12Cl2N4O. The molecule has 0 aliphatic carbocycles. The van der Waals surface area contributed by atoms with Gasteiger partial charge in [-0.1, -0.05) is 23.2 Å².